The maximum absolute atomic E-state index is 12.2. The summed E-state index contributed by atoms with van der Waals surface area (Å²) in [6.07, 6.45) is 6.05. The Morgan fingerprint density at radius 2 is 1.90 bits per heavy atom. The van der Waals surface area contributed by atoms with Gasteiger partial charge in [0.25, 0.3) is 0 Å². The topological polar surface area (TPSA) is 69.6 Å². The maximum atomic E-state index is 12.2. The molecule has 4 unspecified atom stereocenters. The molecule has 0 aromatic carbocycles. The Balaban J connectivity index is 1.79. The van der Waals surface area contributed by atoms with E-state index in [2.05, 4.69) is 17.1 Å². The van der Waals surface area contributed by atoms with Crippen LogP contribution in [0.1, 0.15) is 52.4 Å². The molecule has 0 aromatic heterocycles. The molecule has 1 saturated carbocycles. The molecule has 5 heteroatoms. The number of hydrogen-bond donors (Lipinski definition) is 2. The fourth-order valence-electron chi connectivity index (χ4n) is 3.65. The van der Waals surface area contributed by atoms with Gasteiger partial charge in [0.1, 0.15) is 0 Å². The molecule has 2 aliphatic rings. The van der Waals surface area contributed by atoms with Crippen LogP contribution in [0.25, 0.3) is 0 Å². The van der Waals surface area contributed by atoms with Gasteiger partial charge in [-0.1, -0.05) is 19.8 Å². The summed E-state index contributed by atoms with van der Waals surface area (Å²) >= 11 is 0. The van der Waals surface area contributed by atoms with Gasteiger partial charge in [0.2, 0.25) is 5.91 Å². The van der Waals surface area contributed by atoms with E-state index in [9.17, 15) is 9.59 Å². The molecule has 4 atom stereocenters. The van der Waals surface area contributed by atoms with Crippen LogP contribution in [0.5, 0.6) is 0 Å². The van der Waals surface area contributed by atoms with E-state index in [1.807, 2.05) is 6.92 Å². The minimum absolute atomic E-state index is 0.0920. The zero-order chi connectivity index (χ0) is 15.4. The molecule has 120 valence electrons. The van der Waals surface area contributed by atoms with E-state index in [-0.39, 0.29) is 17.9 Å². The number of amides is 1. The van der Waals surface area contributed by atoms with E-state index in [4.69, 9.17) is 5.11 Å². The molecule has 1 aliphatic carbocycles. The van der Waals surface area contributed by atoms with Gasteiger partial charge in [0, 0.05) is 12.1 Å². The van der Waals surface area contributed by atoms with Crippen LogP contribution >= 0.6 is 0 Å². The van der Waals surface area contributed by atoms with Crippen LogP contribution in [0, 0.1) is 11.8 Å². The summed E-state index contributed by atoms with van der Waals surface area (Å²) in [5, 5.41) is 12.2. The van der Waals surface area contributed by atoms with Crippen molar-refractivity contribution in [3.05, 3.63) is 0 Å². The van der Waals surface area contributed by atoms with E-state index in [0.717, 1.165) is 6.42 Å². The Morgan fingerprint density at radius 3 is 2.52 bits per heavy atom. The lowest BCUT2D eigenvalue weighted by Crippen LogP contribution is -2.50. The van der Waals surface area contributed by atoms with Crippen LogP contribution in [0.2, 0.25) is 0 Å². The number of piperidine rings is 1. The van der Waals surface area contributed by atoms with Crippen molar-refractivity contribution in [2.75, 3.05) is 13.1 Å². The molecular formula is C16H28N2O3. The predicted octanol–water partition coefficient (Wildman–Crippen LogP) is 1.87. The summed E-state index contributed by atoms with van der Waals surface area (Å²) in [6, 6.07) is 0.479. The first-order valence-electron chi connectivity index (χ1n) is 8.23. The van der Waals surface area contributed by atoms with Crippen LogP contribution in [0.3, 0.4) is 0 Å². The Labute approximate surface area is 127 Å². The number of rotatable bonds is 4. The molecular weight excluding hydrogens is 268 g/mol. The lowest BCUT2D eigenvalue weighted by atomic mass is 9.86. The van der Waals surface area contributed by atoms with Gasteiger partial charge in [-0.05, 0) is 45.1 Å². The second-order valence-corrected chi connectivity index (χ2v) is 6.81. The Morgan fingerprint density at radius 1 is 1.19 bits per heavy atom. The number of aliphatic carboxylic acids is 1. The standard InChI is InChI=1S/C16H28N2O3/c1-11-5-3-4-6-14(11)17-15(19)10-18-8-7-13(16(20)21)9-12(18)2/h11-14H,3-10H2,1-2H3,(H,17,19)(H,20,21). The number of carboxylic acids is 1. The van der Waals surface area contributed by atoms with Crippen molar-refractivity contribution in [3.8, 4) is 0 Å². The molecule has 2 N–H and O–H groups in total. The number of carboxylic acid groups (broad SMARTS) is 1. The minimum atomic E-state index is -0.706. The van der Waals surface area contributed by atoms with Crippen LogP contribution < -0.4 is 5.32 Å². The van der Waals surface area contributed by atoms with Crippen LogP contribution in [-0.4, -0.2) is 47.1 Å². The average Bonchev–Trinajstić information content (AvgIpc) is 2.43. The van der Waals surface area contributed by atoms with Gasteiger partial charge in [-0.25, -0.2) is 0 Å². The van der Waals surface area contributed by atoms with E-state index < -0.39 is 5.97 Å². The Kier molecular flexibility index (Phi) is 5.62. The fourth-order valence-corrected chi connectivity index (χ4v) is 3.65. The first kappa shape index (κ1) is 16.3. The summed E-state index contributed by atoms with van der Waals surface area (Å²) < 4.78 is 0. The van der Waals surface area contributed by atoms with E-state index >= 15 is 0 Å². The van der Waals surface area contributed by atoms with E-state index in [1.165, 1.54) is 19.3 Å². The third-order valence-electron chi connectivity index (χ3n) is 5.17. The molecule has 5 nitrogen and oxygen atoms in total. The number of nitrogens with one attached hydrogen (secondary N) is 1. The molecule has 0 aromatic rings. The third-order valence-corrected chi connectivity index (χ3v) is 5.17. The molecule has 2 fully saturated rings. The van der Waals surface area contributed by atoms with Crippen molar-refractivity contribution >= 4 is 11.9 Å². The van der Waals surface area contributed by atoms with Crippen LogP contribution in [-0.2, 0) is 9.59 Å². The van der Waals surface area contributed by atoms with Crippen molar-refractivity contribution in [2.24, 2.45) is 11.8 Å². The highest BCUT2D eigenvalue weighted by Crippen LogP contribution is 2.25. The lowest BCUT2D eigenvalue weighted by Gasteiger charge is -2.36. The molecule has 21 heavy (non-hydrogen) atoms. The summed E-state index contributed by atoms with van der Waals surface area (Å²) in [6.45, 7) is 5.33. The maximum Gasteiger partial charge on any atom is 0.306 e. The summed E-state index contributed by atoms with van der Waals surface area (Å²) in [7, 11) is 0. The van der Waals surface area contributed by atoms with E-state index in [0.29, 0.717) is 37.9 Å². The van der Waals surface area contributed by atoms with Gasteiger partial charge in [-0.3, -0.25) is 14.5 Å². The van der Waals surface area contributed by atoms with Crippen molar-refractivity contribution < 1.29 is 14.7 Å². The van der Waals surface area contributed by atoms with Crippen molar-refractivity contribution in [1.82, 2.24) is 10.2 Å². The molecule has 1 saturated heterocycles. The van der Waals surface area contributed by atoms with E-state index in [1.54, 1.807) is 0 Å². The highest BCUT2D eigenvalue weighted by molar-refractivity contribution is 5.78. The fraction of sp³-hybridized carbons (Fsp3) is 0.875. The molecule has 2 rings (SSSR count). The highest BCUT2D eigenvalue weighted by Gasteiger charge is 2.31. The molecule has 0 bridgehead atoms. The average molecular weight is 296 g/mol. The van der Waals surface area contributed by atoms with Gasteiger partial charge in [0.15, 0.2) is 0 Å². The van der Waals surface area contributed by atoms with Gasteiger partial charge in [0.05, 0.1) is 12.5 Å². The zero-order valence-corrected chi connectivity index (χ0v) is 13.2. The van der Waals surface area contributed by atoms with Crippen molar-refractivity contribution in [2.45, 2.75) is 64.5 Å². The lowest BCUT2D eigenvalue weighted by molar-refractivity contribution is -0.144. The van der Waals surface area contributed by atoms with Gasteiger partial charge >= 0.3 is 5.97 Å². The van der Waals surface area contributed by atoms with Crippen molar-refractivity contribution in [1.29, 1.82) is 0 Å². The second-order valence-electron chi connectivity index (χ2n) is 6.81. The summed E-state index contributed by atoms with van der Waals surface area (Å²) in [5.41, 5.74) is 0. The number of hydrogen-bond acceptors (Lipinski definition) is 3. The highest BCUT2D eigenvalue weighted by atomic mass is 16.4. The third kappa shape index (κ3) is 4.43. The zero-order valence-electron chi connectivity index (χ0n) is 13.2. The smallest absolute Gasteiger partial charge is 0.306 e. The Hall–Kier alpha value is -1.10. The minimum Gasteiger partial charge on any atom is -0.481 e. The second kappa shape index (κ2) is 7.25. The van der Waals surface area contributed by atoms with Crippen LogP contribution in [0.15, 0.2) is 0 Å². The summed E-state index contributed by atoms with van der Waals surface area (Å²) in [4.78, 5) is 25.4. The molecule has 0 radical (unpaired) electrons. The largest absolute Gasteiger partial charge is 0.481 e. The quantitative estimate of drug-likeness (QED) is 0.831. The van der Waals surface area contributed by atoms with Gasteiger partial charge < -0.3 is 10.4 Å². The molecule has 1 aliphatic heterocycles. The normalized spacial score (nSPS) is 34.4. The number of nitrogens with zero attached hydrogens (tertiary/aromatic N) is 1. The predicted molar refractivity (Wildman–Crippen MR) is 81.0 cm³/mol. The van der Waals surface area contributed by atoms with Crippen LogP contribution in [0.4, 0.5) is 0 Å². The number of carbonyl (C=O) groups is 2. The molecule has 1 heterocycles. The molecule has 0 spiro atoms. The van der Waals surface area contributed by atoms with Gasteiger partial charge in [-0.15, -0.1) is 0 Å². The first-order chi connectivity index (χ1) is 9.97. The summed E-state index contributed by atoms with van der Waals surface area (Å²) in [5.74, 6) is -0.299. The molecule has 1 amide bonds. The number of likely N-dealkylation sites (tertiary alicyclic amines) is 1. The Bertz CT molecular complexity index is 386. The SMILES string of the molecule is CC1CCCCC1NC(=O)CN1CCC(C(=O)O)CC1C. The monoisotopic (exact) mass is 296 g/mol. The first-order valence-corrected chi connectivity index (χ1v) is 8.23. The van der Waals surface area contributed by atoms with Gasteiger partial charge in [-0.2, -0.15) is 0 Å². The number of carbonyl (C=O) groups excluding carboxylic acids is 1. The van der Waals surface area contributed by atoms with Crippen molar-refractivity contribution in [3.63, 3.8) is 0 Å².